The van der Waals surface area contributed by atoms with Gasteiger partial charge in [-0.25, -0.2) is 0 Å². The van der Waals surface area contributed by atoms with Crippen LogP contribution in [0.4, 0.5) is 0 Å². The first-order valence-electron chi connectivity index (χ1n) is 9.51. The molecule has 2 aliphatic rings. The van der Waals surface area contributed by atoms with E-state index in [0.29, 0.717) is 25.3 Å². The Morgan fingerprint density at radius 3 is 2.81 bits per heavy atom. The number of amides is 1. The van der Waals surface area contributed by atoms with Gasteiger partial charge in [-0.2, -0.15) is 10.2 Å². The van der Waals surface area contributed by atoms with Gasteiger partial charge in [0.25, 0.3) is 0 Å². The highest BCUT2D eigenvalue weighted by atomic mass is 16.2. The standard InChI is InChI=1S/C21H28N4O/c1-3-4-13-21(22-23-21)14-10-20(26)25-16-12-19(17-25)24(2)15-11-18-8-6-5-7-9-18/h1,5-9,19H,4,10-17H2,2H3. The zero-order valence-corrected chi connectivity index (χ0v) is 15.6. The number of hydrogen-bond donors (Lipinski definition) is 0. The molecule has 0 saturated carbocycles. The molecule has 1 atom stereocenters. The monoisotopic (exact) mass is 352 g/mol. The van der Waals surface area contributed by atoms with Crippen molar-refractivity contribution >= 4 is 5.91 Å². The van der Waals surface area contributed by atoms with Crippen LogP contribution < -0.4 is 0 Å². The Kier molecular flexibility index (Phi) is 6.05. The number of likely N-dealkylation sites (tertiary alicyclic amines) is 1. The normalized spacial score (nSPS) is 20.3. The quantitative estimate of drug-likeness (QED) is 0.641. The average Bonchev–Trinajstić information content (AvgIpc) is 3.27. The van der Waals surface area contributed by atoms with Gasteiger partial charge in [-0.3, -0.25) is 4.79 Å². The van der Waals surface area contributed by atoms with Crippen molar-refractivity contribution in [3.8, 4) is 12.3 Å². The molecule has 5 heteroatoms. The van der Waals surface area contributed by atoms with Gasteiger partial charge in [0.2, 0.25) is 5.91 Å². The molecule has 0 aromatic heterocycles. The van der Waals surface area contributed by atoms with Gasteiger partial charge >= 0.3 is 0 Å². The van der Waals surface area contributed by atoms with Crippen molar-refractivity contribution in [3.63, 3.8) is 0 Å². The number of terminal acetylenes is 1. The largest absolute Gasteiger partial charge is 0.341 e. The Morgan fingerprint density at radius 1 is 1.35 bits per heavy atom. The molecular weight excluding hydrogens is 324 g/mol. The second-order valence-electron chi connectivity index (χ2n) is 7.39. The third-order valence-electron chi connectivity index (χ3n) is 5.53. The molecule has 0 aliphatic carbocycles. The van der Waals surface area contributed by atoms with Crippen molar-refractivity contribution < 1.29 is 4.79 Å². The molecule has 1 aromatic rings. The van der Waals surface area contributed by atoms with Crippen LogP contribution >= 0.6 is 0 Å². The summed E-state index contributed by atoms with van der Waals surface area (Å²) in [6.45, 7) is 2.70. The number of nitrogens with zero attached hydrogens (tertiary/aromatic N) is 4. The lowest BCUT2D eigenvalue weighted by Gasteiger charge is -2.25. The highest BCUT2D eigenvalue weighted by Gasteiger charge is 2.40. The third-order valence-corrected chi connectivity index (χ3v) is 5.53. The van der Waals surface area contributed by atoms with E-state index in [1.165, 1.54) is 5.56 Å². The second kappa shape index (κ2) is 8.46. The molecule has 0 spiro atoms. The second-order valence-corrected chi connectivity index (χ2v) is 7.39. The van der Waals surface area contributed by atoms with Crippen LogP contribution in [0.2, 0.25) is 0 Å². The lowest BCUT2D eigenvalue weighted by Crippen LogP contribution is -2.37. The summed E-state index contributed by atoms with van der Waals surface area (Å²) in [6, 6.07) is 11.0. The van der Waals surface area contributed by atoms with Crippen LogP contribution in [-0.2, 0) is 11.2 Å². The van der Waals surface area contributed by atoms with Gasteiger partial charge in [0, 0.05) is 51.4 Å². The zero-order valence-electron chi connectivity index (χ0n) is 15.6. The predicted molar refractivity (Wildman–Crippen MR) is 103 cm³/mol. The van der Waals surface area contributed by atoms with E-state index in [9.17, 15) is 4.79 Å². The first-order chi connectivity index (χ1) is 12.6. The maximum Gasteiger partial charge on any atom is 0.222 e. The van der Waals surface area contributed by atoms with Gasteiger partial charge in [0.15, 0.2) is 5.66 Å². The SMILES string of the molecule is C#CCCC1(CCC(=O)N2CCC(N(C)CCc3ccccc3)C2)N=N1. The fraction of sp³-hybridized carbons (Fsp3) is 0.571. The molecule has 0 N–H and O–H groups in total. The minimum Gasteiger partial charge on any atom is -0.341 e. The molecule has 2 aliphatic heterocycles. The summed E-state index contributed by atoms with van der Waals surface area (Å²) in [4.78, 5) is 16.9. The number of carbonyl (C=O) groups is 1. The highest BCUT2D eigenvalue weighted by Crippen LogP contribution is 2.37. The van der Waals surface area contributed by atoms with Crippen molar-refractivity contribution in [2.45, 2.75) is 50.2 Å². The molecule has 26 heavy (non-hydrogen) atoms. The summed E-state index contributed by atoms with van der Waals surface area (Å²) < 4.78 is 0. The van der Waals surface area contributed by atoms with Crippen LogP contribution in [0.1, 0.15) is 37.7 Å². The minimum atomic E-state index is -0.354. The van der Waals surface area contributed by atoms with E-state index in [1.54, 1.807) is 0 Å². The summed E-state index contributed by atoms with van der Waals surface area (Å²) in [7, 11) is 2.17. The van der Waals surface area contributed by atoms with Crippen molar-refractivity contribution in [2.24, 2.45) is 10.2 Å². The zero-order chi connectivity index (χ0) is 18.4. The van der Waals surface area contributed by atoms with Crippen LogP contribution in [0.15, 0.2) is 40.6 Å². The van der Waals surface area contributed by atoms with Crippen LogP contribution in [-0.4, -0.2) is 54.1 Å². The van der Waals surface area contributed by atoms with E-state index in [1.807, 2.05) is 11.0 Å². The van der Waals surface area contributed by atoms with Gasteiger partial charge < -0.3 is 9.80 Å². The molecule has 1 aromatic carbocycles. The lowest BCUT2D eigenvalue weighted by atomic mass is 10.0. The van der Waals surface area contributed by atoms with Gasteiger partial charge in [-0.05, 0) is 25.5 Å². The molecule has 138 valence electrons. The maximum absolute atomic E-state index is 12.5. The fourth-order valence-corrected chi connectivity index (χ4v) is 3.59. The Morgan fingerprint density at radius 2 is 2.12 bits per heavy atom. The smallest absolute Gasteiger partial charge is 0.222 e. The fourth-order valence-electron chi connectivity index (χ4n) is 3.59. The van der Waals surface area contributed by atoms with E-state index in [4.69, 9.17) is 6.42 Å². The Balaban J connectivity index is 1.39. The van der Waals surface area contributed by atoms with E-state index in [0.717, 1.165) is 38.9 Å². The summed E-state index contributed by atoms with van der Waals surface area (Å²) >= 11 is 0. The summed E-state index contributed by atoms with van der Waals surface area (Å²) in [6.07, 6.45) is 10.0. The number of likely N-dealkylation sites (N-methyl/N-ethyl adjacent to an activating group) is 1. The van der Waals surface area contributed by atoms with E-state index < -0.39 is 0 Å². The molecule has 1 unspecified atom stereocenters. The van der Waals surface area contributed by atoms with Crippen LogP contribution in [0.25, 0.3) is 0 Å². The van der Waals surface area contributed by atoms with Gasteiger partial charge in [0.1, 0.15) is 0 Å². The van der Waals surface area contributed by atoms with E-state index in [2.05, 4.69) is 52.4 Å². The Bertz CT molecular complexity index is 673. The molecule has 0 bridgehead atoms. The highest BCUT2D eigenvalue weighted by molar-refractivity contribution is 5.76. The molecule has 2 heterocycles. The molecule has 1 amide bonds. The molecule has 5 nitrogen and oxygen atoms in total. The Hall–Kier alpha value is -2.19. The first-order valence-corrected chi connectivity index (χ1v) is 9.51. The van der Waals surface area contributed by atoms with Crippen LogP contribution in [0.3, 0.4) is 0 Å². The van der Waals surface area contributed by atoms with Crippen LogP contribution in [0.5, 0.6) is 0 Å². The van der Waals surface area contributed by atoms with Crippen LogP contribution in [0, 0.1) is 12.3 Å². The molecule has 1 saturated heterocycles. The predicted octanol–water partition coefficient (Wildman–Crippen LogP) is 3.12. The van der Waals surface area contributed by atoms with Gasteiger partial charge in [0.05, 0.1) is 0 Å². The Labute approximate surface area is 156 Å². The van der Waals surface area contributed by atoms with Crippen molar-refractivity contribution in [3.05, 3.63) is 35.9 Å². The third kappa shape index (κ3) is 4.92. The summed E-state index contributed by atoms with van der Waals surface area (Å²) in [5, 5.41) is 8.23. The molecule has 1 fully saturated rings. The number of hydrogen-bond acceptors (Lipinski definition) is 4. The topological polar surface area (TPSA) is 48.3 Å². The minimum absolute atomic E-state index is 0.223. The van der Waals surface area contributed by atoms with E-state index in [-0.39, 0.29) is 11.6 Å². The summed E-state index contributed by atoms with van der Waals surface area (Å²) in [5.74, 6) is 2.85. The van der Waals surface area contributed by atoms with Crippen molar-refractivity contribution in [1.29, 1.82) is 0 Å². The van der Waals surface area contributed by atoms with Crippen molar-refractivity contribution in [2.75, 3.05) is 26.7 Å². The van der Waals surface area contributed by atoms with Gasteiger partial charge in [-0.15, -0.1) is 12.3 Å². The molecule has 0 radical (unpaired) electrons. The first kappa shape index (κ1) is 18.6. The van der Waals surface area contributed by atoms with E-state index >= 15 is 0 Å². The lowest BCUT2D eigenvalue weighted by molar-refractivity contribution is -0.130. The average molecular weight is 352 g/mol. The van der Waals surface area contributed by atoms with Gasteiger partial charge in [-0.1, -0.05) is 30.3 Å². The molecule has 3 rings (SSSR count). The van der Waals surface area contributed by atoms with Crippen molar-refractivity contribution in [1.82, 2.24) is 9.80 Å². The number of carbonyl (C=O) groups excluding carboxylic acids is 1. The maximum atomic E-state index is 12.5. The number of rotatable bonds is 9. The number of benzene rings is 1. The molecular formula is C21H28N4O. The summed E-state index contributed by atoms with van der Waals surface area (Å²) in [5.41, 5.74) is 1.01.